The zero-order valence-electron chi connectivity index (χ0n) is 11.6. The van der Waals surface area contributed by atoms with Gasteiger partial charge in [0.2, 0.25) is 0 Å². The first-order chi connectivity index (χ1) is 10.2. The molecular formula is C17H15N2O2+. The Morgan fingerprint density at radius 2 is 1.81 bits per heavy atom. The van der Waals surface area contributed by atoms with E-state index in [1.54, 1.807) is 31.2 Å². The molecule has 3 rings (SSSR count). The molecule has 21 heavy (non-hydrogen) atoms. The van der Waals surface area contributed by atoms with Crippen LogP contribution in [0.25, 0.3) is 5.76 Å². The number of aromatic nitrogens is 1. The van der Waals surface area contributed by atoms with Crippen molar-refractivity contribution in [2.75, 3.05) is 0 Å². The van der Waals surface area contributed by atoms with Crippen LogP contribution in [0.3, 0.4) is 0 Å². The Hall–Kier alpha value is -2.75. The third-order valence-electron chi connectivity index (χ3n) is 3.54. The summed E-state index contributed by atoms with van der Waals surface area (Å²) in [7, 11) is 0. The second-order valence-corrected chi connectivity index (χ2v) is 4.91. The molecule has 0 bridgehead atoms. The zero-order chi connectivity index (χ0) is 14.8. The van der Waals surface area contributed by atoms with Gasteiger partial charge in [-0.05, 0) is 12.5 Å². The number of nitrogens with one attached hydrogen (secondary N) is 1. The van der Waals surface area contributed by atoms with Crippen LogP contribution in [-0.2, 0) is 6.54 Å². The number of aromatic amines is 1. The Labute approximate surface area is 122 Å². The number of hydrogen-bond acceptors (Lipinski definition) is 3. The Bertz CT molecular complexity index is 761. The number of H-pyrrole nitrogens is 1. The summed E-state index contributed by atoms with van der Waals surface area (Å²) >= 11 is 0. The van der Waals surface area contributed by atoms with E-state index in [1.165, 1.54) is 0 Å². The Kier molecular flexibility index (Phi) is 3.36. The van der Waals surface area contributed by atoms with Gasteiger partial charge in [0.05, 0.1) is 12.1 Å². The van der Waals surface area contributed by atoms with E-state index in [-0.39, 0.29) is 11.5 Å². The number of carbonyl (C=O) groups is 1. The van der Waals surface area contributed by atoms with Crippen molar-refractivity contribution in [1.82, 2.24) is 0 Å². The van der Waals surface area contributed by atoms with Crippen molar-refractivity contribution in [3.63, 3.8) is 0 Å². The molecule has 0 saturated heterocycles. The highest BCUT2D eigenvalue weighted by Crippen LogP contribution is 2.31. The highest BCUT2D eigenvalue weighted by Gasteiger charge is 2.30. The van der Waals surface area contributed by atoms with E-state index >= 15 is 0 Å². The van der Waals surface area contributed by atoms with Crippen molar-refractivity contribution < 1.29 is 14.9 Å². The number of rotatable bonds is 3. The second-order valence-electron chi connectivity index (χ2n) is 4.91. The van der Waals surface area contributed by atoms with Gasteiger partial charge in [0.25, 0.3) is 0 Å². The number of ketones is 1. The molecule has 1 aromatic carbocycles. The number of hydrogen-bond donors (Lipinski definition) is 1. The van der Waals surface area contributed by atoms with Crippen LogP contribution in [-0.4, -0.2) is 16.6 Å². The molecule has 2 N–H and O–H groups in total. The predicted octanol–water partition coefficient (Wildman–Crippen LogP) is 2.63. The van der Waals surface area contributed by atoms with Crippen molar-refractivity contribution in [3.05, 3.63) is 71.1 Å². The summed E-state index contributed by atoms with van der Waals surface area (Å²) in [5, 5.41) is 10.3. The van der Waals surface area contributed by atoms with Crippen LogP contribution in [0.15, 0.2) is 59.4 Å². The summed E-state index contributed by atoms with van der Waals surface area (Å²) in [5.74, 6) is -0.135. The quantitative estimate of drug-likeness (QED) is 0.878. The zero-order valence-corrected chi connectivity index (χ0v) is 11.6. The maximum atomic E-state index is 12.4. The highest BCUT2D eigenvalue weighted by molar-refractivity contribution is 6.35. The maximum absolute atomic E-state index is 12.4. The van der Waals surface area contributed by atoms with E-state index in [2.05, 4.69) is 9.98 Å². The summed E-state index contributed by atoms with van der Waals surface area (Å²) in [5.41, 5.74) is 3.02. The monoisotopic (exact) mass is 279 g/mol. The van der Waals surface area contributed by atoms with Gasteiger partial charge in [-0.25, -0.2) is 4.98 Å². The summed E-state index contributed by atoms with van der Waals surface area (Å²) in [6.07, 6.45) is 3.65. The molecule has 1 heterocycles. The first-order valence-electron chi connectivity index (χ1n) is 6.72. The maximum Gasteiger partial charge on any atom is 0.199 e. The third-order valence-corrected chi connectivity index (χ3v) is 3.54. The highest BCUT2D eigenvalue weighted by atomic mass is 16.3. The van der Waals surface area contributed by atoms with Crippen LogP contribution < -0.4 is 4.98 Å². The van der Waals surface area contributed by atoms with E-state index < -0.39 is 0 Å². The van der Waals surface area contributed by atoms with E-state index in [1.807, 2.05) is 24.5 Å². The minimum Gasteiger partial charge on any atom is -0.506 e. The predicted molar refractivity (Wildman–Crippen MR) is 80.1 cm³/mol. The molecule has 0 atom stereocenters. The molecule has 0 spiro atoms. The Morgan fingerprint density at radius 3 is 2.48 bits per heavy atom. The molecule has 1 aliphatic rings. The van der Waals surface area contributed by atoms with E-state index in [4.69, 9.17) is 0 Å². The van der Waals surface area contributed by atoms with Gasteiger partial charge in [-0.1, -0.05) is 24.3 Å². The fourth-order valence-corrected chi connectivity index (χ4v) is 2.42. The molecule has 2 aromatic rings. The molecule has 0 amide bonds. The van der Waals surface area contributed by atoms with Gasteiger partial charge in [0.15, 0.2) is 18.2 Å². The lowest BCUT2D eigenvalue weighted by atomic mass is 10.1. The topological polar surface area (TPSA) is 63.8 Å². The minimum atomic E-state index is -0.161. The lowest BCUT2D eigenvalue weighted by Crippen LogP contribution is -2.08. The summed E-state index contributed by atoms with van der Waals surface area (Å²) in [6, 6.07) is 10.9. The molecule has 0 radical (unpaired) electrons. The van der Waals surface area contributed by atoms with Gasteiger partial charge in [-0.15, -0.1) is 0 Å². The fraction of sp³-hybridized carbons (Fsp3) is 0.118. The number of aliphatic imine (C=N–C) groups is 1. The molecule has 0 unspecified atom stereocenters. The lowest BCUT2D eigenvalue weighted by molar-refractivity contribution is -0.378. The molecule has 0 aliphatic heterocycles. The van der Waals surface area contributed by atoms with Crippen molar-refractivity contribution in [3.8, 4) is 0 Å². The van der Waals surface area contributed by atoms with Crippen molar-refractivity contribution in [2.45, 2.75) is 13.5 Å². The standard InChI is InChI=1S/C17H14N2O2/c1-11(19-10-12-6-8-18-9-7-12)15-16(20)13-4-2-3-5-14(13)17(15)21/h2-9,20H,10H2,1H3/p+1. The number of benzene rings is 1. The number of carbonyl (C=O) groups excluding carboxylic acids is 1. The average molecular weight is 279 g/mol. The summed E-state index contributed by atoms with van der Waals surface area (Å²) in [6.45, 7) is 2.23. The minimum absolute atomic E-state index is 0.0262. The first-order valence-corrected chi connectivity index (χ1v) is 6.72. The summed E-state index contributed by atoms with van der Waals surface area (Å²) < 4.78 is 0. The molecule has 4 heteroatoms. The number of aliphatic hydroxyl groups is 1. The number of Topliss-reactive ketones (excluding diaryl/α,β-unsaturated/α-hetero) is 1. The van der Waals surface area contributed by atoms with Crippen LogP contribution in [0.2, 0.25) is 0 Å². The van der Waals surface area contributed by atoms with Gasteiger partial charge in [0, 0.05) is 29.0 Å². The van der Waals surface area contributed by atoms with E-state index in [9.17, 15) is 9.90 Å². The molecule has 4 nitrogen and oxygen atoms in total. The Balaban J connectivity index is 1.91. The number of allylic oxidation sites excluding steroid dienone is 1. The van der Waals surface area contributed by atoms with Crippen molar-refractivity contribution in [1.29, 1.82) is 0 Å². The van der Waals surface area contributed by atoms with Crippen LogP contribution >= 0.6 is 0 Å². The average Bonchev–Trinajstić information content (AvgIpc) is 2.78. The van der Waals surface area contributed by atoms with Crippen LogP contribution in [0.1, 0.15) is 28.4 Å². The van der Waals surface area contributed by atoms with Crippen molar-refractivity contribution >= 4 is 17.3 Å². The van der Waals surface area contributed by atoms with Crippen molar-refractivity contribution in [2.24, 2.45) is 4.99 Å². The van der Waals surface area contributed by atoms with Crippen LogP contribution in [0, 0.1) is 0 Å². The number of aliphatic hydroxyl groups excluding tert-OH is 1. The first kappa shape index (κ1) is 13.2. The third kappa shape index (κ3) is 2.36. The molecule has 104 valence electrons. The van der Waals surface area contributed by atoms with Gasteiger partial charge in [-0.2, -0.15) is 0 Å². The molecular weight excluding hydrogens is 264 g/mol. The summed E-state index contributed by atoms with van der Waals surface area (Å²) in [4.78, 5) is 19.7. The van der Waals surface area contributed by atoms with Crippen LogP contribution in [0.5, 0.6) is 0 Å². The van der Waals surface area contributed by atoms with E-state index in [0.29, 0.717) is 29.0 Å². The molecule has 1 aromatic heterocycles. The van der Waals surface area contributed by atoms with Gasteiger partial charge < -0.3 is 5.11 Å². The van der Waals surface area contributed by atoms with Crippen LogP contribution in [0.4, 0.5) is 0 Å². The smallest absolute Gasteiger partial charge is 0.199 e. The Morgan fingerprint density at radius 1 is 1.14 bits per heavy atom. The fourth-order valence-electron chi connectivity index (χ4n) is 2.42. The lowest BCUT2D eigenvalue weighted by Gasteiger charge is -2.02. The van der Waals surface area contributed by atoms with Gasteiger partial charge >= 0.3 is 0 Å². The van der Waals surface area contributed by atoms with Gasteiger partial charge in [0.1, 0.15) is 5.76 Å². The number of nitrogens with zero attached hydrogens (tertiary/aromatic N) is 1. The molecule has 0 saturated carbocycles. The normalized spacial score (nSPS) is 14.5. The SMILES string of the molecule is CC(=NCc1cc[nH+]cc1)C1=C(O)c2ccccc2C1=O. The largest absolute Gasteiger partial charge is 0.506 e. The number of pyridine rings is 1. The molecule has 0 fully saturated rings. The number of fused-ring (bicyclic) bond motifs is 1. The van der Waals surface area contributed by atoms with E-state index in [0.717, 1.165) is 5.56 Å². The van der Waals surface area contributed by atoms with Gasteiger partial charge in [-0.3, -0.25) is 9.79 Å². The second kappa shape index (κ2) is 5.32. The molecule has 1 aliphatic carbocycles.